The summed E-state index contributed by atoms with van der Waals surface area (Å²) in [6, 6.07) is 10.2. The van der Waals surface area contributed by atoms with E-state index in [9.17, 15) is 14.2 Å². The van der Waals surface area contributed by atoms with Gasteiger partial charge in [-0.2, -0.15) is 0 Å². The van der Waals surface area contributed by atoms with Crippen LogP contribution < -0.4 is 16.0 Å². The molecule has 2 heterocycles. The van der Waals surface area contributed by atoms with Crippen LogP contribution in [0.4, 0.5) is 5.82 Å². The lowest BCUT2D eigenvalue weighted by Gasteiger charge is -2.32. The van der Waals surface area contributed by atoms with Crippen LogP contribution in [0.1, 0.15) is 37.2 Å². The molecule has 1 aromatic carbocycles. The maximum atomic E-state index is 13.5. The number of carbonyl (C=O) groups excluding carboxylic acids is 2. The molecule has 1 saturated heterocycles. The lowest BCUT2D eigenvalue weighted by Crippen LogP contribution is -2.55. The molecule has 0 radical (unpaired) electrons. The molecular weight excluding hydrogens is 495 g/mol. The van der Waals surface area contributed by atoms with E-state index in [4.69, 9.17) is 9.05 Å². The molecule has 1 atom stereocenters. The smallest absolute Gasteiger partial charge is 0.333 e. The quantitative estimate of drug-likeness (QED) is 0.354. The molecule has 1 unspecified atom stereocenters. The Kier molecular flexibility index (Phi) is 9.26. The fourth-order valence-electron chi connectivity index (χ4n) is 4.07. The second-order valence-electron chi connectivity index (χ2n) is 8.98. The first-order valence-corrected chi connectivity index (χ1v) is 14.5. The molecule has 2 aliphatic rings. The van der Waals surface area contributed by atoms with Crippen molar-refractivity contribution >= 4 is 25.2 Å². The van der Waals surface area contributed by atoms with Gasteiger partial charge in [-0.05, 0) is 26.7 Å². The number of piperazine rings is 1. The van der Waals surface area contributed by atoms with Gasteiger partial charge in [-0.25, -0.2) is 9.97 Å². The van der Waals surface area contributed by atoms with Crippen molar-refractivity contribution in [1.29, 1.82) is 0 Å². The van der Waals surface area contributed by atoms with E-state index in [0.29, 0.717) is 43.9 Å². The number of benzene rings is 1. The summed E-state index contributed by atoms with van der Waals surface area (Å²) in [7, 11) is -3.63. The second-order valence-corrected chi connectivity index (χ2v) is 11.1. The molecule has 0 bridgehead atoms. The lowest BCUT2D eigenvalue weighted by atomic mass is 10.2. The Morgan fingerprint density at radius 2 is 1.78 bits per heavy atom. The summed E-state index contributed by atoms with van der Waals surface area (Å²) >= 11 is 0. The van der Waals surface area contributed by atoms with Gasteiger partial charge in [0.15, 0.2) is 5.82 Å². The van der Waals surface area contributed by atoms with Gasteiger partial charge in [-0.15, -0.1) is 0 Å². The summed E-state index contributed by atoms with van der Waals surface area (Å²) in [5.74, 6) is 0.0473. The van der Waals surface area contributed by atoms with E-state index in [0.717, 1.165) is 18.4 Å². The highest BCUT2D eigenvalue weighted by atomic mass is 31.2. The number of anilines is 1. The molecule has 2 fully saturated rings. The van der Waals surface area contributed by atoms with Crippen LogP contribution >= 0.6 is 7.60 Å². The molecule has 200 valence electrons. The Balaban J connectivity index is 1.62. The van der Waals surface area contributed by atoms with Gasteiger partial charge >= 0.3 is 7.60 Å². The Morgan fingerprint density at radius 3 is 2.41 bits per heavy atom. The van der Waals surface area contributed by atoms with E-state index in [-0.39, 0.29) is 31.0 Å². The molecule has 1 aromatic heterocycles. The first-order valence-electron chi connectivity index (χ1n) is 12.8. The molecule has 2 amide bonds. The number of nitrogens with zero attached hydrogens (tertiary/aromatic N) is 3. The summed E-state index contributed by atoms with van der Waals surface area (Å²) in [4.78, 5) is 37.7. The van der Waals surface area contributed by atoms with Crippen LogP contribution in [-0.4, -0.2) is 84.3 Å². The number of amides is 2. The third kappa shape index (κ3) is 7.58. The highest BCUT2D eigenvalue weighted by molar-refractivity contribution is 7.54. The number of carbonyl (C=O) groups is 2. The van der Waals surface area contributed by atoms with E-state index in [1.807, 2.05) is 30.3 Å². The normalized spacial score (nSPS) is 16.8. The molecular formula is C25H35N6O5P. The second kappa shape index (κ2) is 12.6. The molecule has 0 spiro atoms. The maximum Gasteiger partial charge on any atom is 0.333 e. The average Bonchev–Trinajstić information content (AvgIpc) is 3.73. The van der Waals surface area contributed by atoms with E-state index < -0.39 is 19.5 Å². The predicted octanol–water partition coefficient (Wildman–Crippen LogP) is 2.51. The summed E-state index contributed by atoms with van der Waals surface area (Å²) in [6.07, 6.45) is 1.81. The van der Waals surface area contributed by atoms with Gasteiger partial charge in [0.05, 0.1) is 19.4 Å². The first kappa shape index (κ1) is 27.2. The SMILES string of the molecule is CCOP(=O)(CC(NC(=O)c1cc(NC2CC2)nc(-c2ccccc2)n1)C(=O)N1CCNCC1)OCC. The van der Waals surface area contributed by atoms with Crippen molar-refractivity contribution in [3.63, 3.8) is 0 Å². The van der Waals surface area contributed by atoms with Gasteiger partial charge in [0.2, 0.25) is 5.91 Å². The van der Waals surface area contributed by atoms with Crippen molar-refractivity contribution < 1.29 is 23.2 Å². The predicted molar refractivity (Wildman–Crippen MR) is 141 cm³/mol. The van der Waals surface area contributed by atoms with Crippen molar-refractivity contribution in [2.75, 3.05) is 50.9 Å². The largest absolute Gasteiger partial charge is 0.367 e. The third-order valence-corrected chi connectivity index (χ3v) is 8.13. The zero-order valence-corrected chi connectivity index (χ0v) is 22.2. The lowest BCUT2D eigenvalue weighted by molar-refractivity contribution is -0.133. The van der Waals surface area contributed by atoms with Gasteiger partial charge in [0.25, 0.3) is 5.91 Å². The molecule has 1 aliphatic heterocycles. The van der Waals surface area contributed by atoms with Gasteiger partial charge in [-0.3, -0.25) is 14.2 Å². The minimum Gasteiger partial charge on any atom is -0.367 e. The number of hydrogen-bond acceptors (Lipinski definition) is 9. The Hall–Kier alpha value is -2.85. The van der Waals surface area contributed by atoms with E-state index in [1.165, 1.54) is 0 Å². The molecule has 11 nitrogen and oxygen atoms in total. The minimum absolute atomic E-state index is 0.109. The molecule has 1 saturated carbocycles. The molecule has 12 heteroatoms. The van der Waals surface area contributed by atoms with Crippen LogP contribution in [0.15, 0.2) is 36.4 Å². The number of hydrogen-bond donors (Lipinski definition) is 3. The fraction of sp³-hybridized carbons (Fsp3) is 0.520. The fourth-order valence-corrected chi connectivity index (χ4v) is 5.84. The van der Waals surface area contributed by atoms with Crippen LogP contribution in [-0.2, 0) is 18.4 Å². The minimum atomic E-state index is -3.63. The van der Waals surface area contributed by atoms with Crippen molar-refractivity contribution in [2.24, 2.45) is 0 Å². The van der Waals surface area contributed by atoms with Gasteiger partial charge < -0.3 is 29.9 Å². The molecule has 3 N–H and O–H groups in total. The van der Waals surface area contributed by atoms with Crippen LogP contribution in [0.5, 0.6) is 0 Å². The molecule has 1 aliphatic carbocycles. The van der Waals surface area contributed by atoms with E-state index in [2.05, 4.69) is 25.9 Å². The molecule has 2 aromatic rings. The van der Waals surface area contributed by atoms with E-state index >= 15 is 0 Å². The number of aromatic nitrogens is 2. The summed E-state index contributed by atoms with van der Waals surface area (Å²) < 4.78 is 24.2. The van der Waals surface area contributed by atoms with Crippen molar-refractivity contribution in [3.8, 4) is 11.4 Å². The van der Waals surface area contributed by atoms with Crippen LogP contribution in [0.2, 0.25) is 0 Å². The zero-order chi connectivity index (χ0) is 26.3. The monoisotopic (exact) mass is 530 g/mol. The summed E-state index contributed by atoms with van der Waals surface area (Å²) in [5.41, 5.74) is 0.874. The topological polar surface area (TPSA) is 135 Å². The molecule has 4 rings (SSSR count). The zero-order valence-electron chi connectivity index (χ0n) is 21.3. The summed E-state index contributed by atoms with van der Waals surface area (Å²) in [5, 5.41) is 9.30. The van der Waals surface area contributed by atoms with Gasteiger partial charge in [0, 0.05) is 43.9 Å². The number of nitrogens with one attached hydrogen (secondary N) is 3. The highest BCUT2D eigenvalue weighted by Crippen LogP contribution is 2.48. The maximum absolute atomic E-state index is 13.5. The van der Waals surface area contributed by atoms with E-state index in [1.54, 1.807) is 24.8 Å². The average molecular weight is 531 g/mol. The highest BCUT2D eigenvalue weighted by Gasteiger charge is 2.36. The van der Waals surface area contributed by atoms with Gasteiger partial charge in [0.1, 0.15) is 17.6 Å². The standard InChI is InChI=1S/C25H35N6O5P/c1-3-35-37(34,36-4-2)17-21(25(33)31-14-12-26-13-15-31)29-24(32)20-16-22(27-19-10-11-19)30-23(28-20)18-8-6-5-7-9-18/h5-9,16,19,21,26H,3-4,10-15,17H2,1-2H3,(H,29,32)(H,27,28,30). The van der Waals surface area contributed by atoms with Crippen LogP contribution in [0.3, 0.4) is 0 Å². The number of rotatable bonds is 12. The van der Waals surface area contributed by atoms with Crippen molar-refractivity contribution in [3.05, 3.63) is 42.1 Å². The van der Waals surface area contributed by atoms with Crippen molar-refractivity contribution in [1.82, 2.24) is 25.5 Å². The molecule has 37 heavy (non-hydrogen) atoms. The summed E-state index contributed by atoms with van der Waals surface area (Å²) in [6.45, 7) is 5.98. The van der Waals surface area contributed by atoms with Crippen LogP contribution in [0.25, 0.3) is 11.4 Å². The van der Waals surface area contributed by atoms with Crippen molar-refractivity contribution in [2.45, 2.75) is 38.8 Å². The Morgan fingerprint density at radius 1 is 1.11 bits per heavy atom. The van der Waals surface area contributed by atoms with Gasteiger partial charge in [-0.1, -0.05) is 30.3 Å². The Bertz CT molecular complexity index is 1110. The van der Waals surface area contributed by atoms with Crippen LogP contribution in [0, 0.1) is 0 Å². The third-order valence-electron chi connectivity index (χ3n) is 6.01. The Labute approximate surface area is 217 Å². The first-order chi connectivity index (χ1) is 17.9.